The molecule has 1 N–H and O–H groups in total. The van der Waals surface area contributed by atoms with Gasteiger partial charge >= 0.3 is 0 Å². The first-order chi connectivity index (χ1) is 9.99. The molecule has 22 heavy (non-hydrogen) atoms. The van der Waals surface area contributed by atoms with Crippen LogP contribution in [0, 0.1) is 5.92 Å². The van der Waals surface area contributed by atoms with Crippen molar-refractivity contribution in [3.63, 3.8) is 0 Å². The minimum Gasteiger partial charge on any atom is -0.389 e. The molecule has 1 fully saturated rings. The largest absolute Gasteiger partial charge is 0.389 e. The predicted molar refractivity (Wildman–Crippen MR) is 83.1 cm³/mol. The molecule has 0 unspecified atom stereocenters. The third-order valence-electron chi connectivity index (χ3n) is 4.15. The lowest BCUT2D eigenvalue weighted by Gasteiger charge is -2.34. The Morgan fingerprint density at radius 1 is 1.32 bits per heavy atom. The molecule has 0 radical (unpaired) electrons. The van der Waals surface area contributed by atoms with Crippen molar-refractivity contribution in [1.82, 2.24) is 10.1 Å². The van der Waals surface area contributed by atoms with Crippen LogP contribution < -0.4 is 0 Å². The molecule has 0 spiro atoms. The summed E-state index contributed by atoms with van der Waals surface area (Å²) in [7, 11) is -3.48. The number of hydrogen-bond acceptors (Lipinski definition) is 6. The molecule has 2 rings (SSSR count). The van der Waals surface area contributed by atoms with Gasteiger partial charge in [0.05, 0.1) is 11.4 Å². The highest BCUT2D eigenvalue weighted by Gasteiger charge is 2.37. The van der Waals surface area contributed by atoms with Crippen LogP contribution in [0.5, 0.6) is 0 Å². The average Bonchev–Trinajstić information content (AvgIpc) is 2.80. The number of rotatable bonds is 4. The van der Waals surface area contributed by atoms with E-state index in [2.05, 4.69) is 17.1 Å². The van der Waals surface area contributed by atoms with E-state index in [1.807, 2.05) is 20.8 Å². The van der Waals surface area contributed by atoms with Crippen LogP contribution in [0.25, 0.3) is 0 Å². The van der Waals surface area contributed by atoms with Gasteiger partial charge in [0.2, 0.25) is 5.89 Å². The number of aromatic nitrogens is 2. The minimum atomic E-state index is -3.48. The van der Waals surface area contributed by atoms with E-state index in [1.165, 1.54) is 0 Å². The zero-order valence-electron chi connectivity index (χ0n) is 13.8. The molecule has 0 aromatic carbocycles. The van der Waals surface area contributed by atoms with E-state index in [0.29, 0.717) is 24.7 Å². The summed E-state index contributed by atoms with van der Waals surface area (Å²) in [4.78, 5) is 4.16. The predicted octanol–water partition coefficient (Wildman–Crippen LogP) is 2.22. The van der Waals surface area contributed by atoms with Gasteiger partial charge in [-0.15, -0.1) is 0 Å². The lowest BCUT2D eigenvalue weighted by molar-refractivity contribution is 0.0135. The SMILES string of the molecule is CC1CCC(O)(CS(=O)(=O)Cc2noc(C(C)(C)C)n2)CC1. The molecule has 0 amide bonds. The molecule has 1 aliphatic carbocycles. The number of sulfone groups is 1. The van der Waals surface area contributed by atoms with Gasteiger partial charge in [-0.25, -0.2) is 8.42 Å². The summed E-state index contributed by atoms with van der Waals surface area (Å²) in [6, 6.07) is 0. The highest BCUT2D eigenvalue weighted by atomic mass is 32.2. The molecule has 1 aromatic rings. The molecule has 1 aliphatic rings. The summed E-state index contributed by atoms with van der Waals surface area (Å²) in [5, 5.41) is 14.2. The molecule has 0 atom stereocenters. The summed E-state index contributed by atoms with van der Waals surface area (Å²) >= 11 is 0. The Hall–Kier alpha value is -0.950. The van der Waals surface area contributed by atoms with E-state index >= 15 is 0 Å². The maximum atomic E-state index is 12.3. The maximum absolute atomic E-state index is 12.3. The molecule has 126 valence electrons. The van der Waals surface area contributed by atoms with Crippen LogP contribution in [0.15, 0.2) is 4.52 Å². The summed E-state index contributed by atoms with van der Waals surface area (Å²) in [5.41, 5.74) is -1.42. The van der Waals surface area contributed by atoms with Crippen molar-refractivity contribution >= 4 is 9.84 Å². The van der Waals surface area contributed by atoms with Gasteiger partial charge in [0.15, 0.2) is 15.7 Å². The molecule has 0 saturated heterocycles. The van der Waals surface area contributed by atoms with Crippen LogP contribution in [0.1, 0.15) is 65.1 Å². The molecule has 7 heteroatoms. The number of hydrogen-bond donors (Lipinski definition) is 1. The van der Waals surface area contributed by atoms with Crippen molar-refractivity contribution in [2.75, 3.05) is 5.75 Å². The van der Waals surface area contributed by atoms with E-state index in [-0.39, 0.29) is 22.7 Å². The van der Waals surface area contributed by atoms with Crippen molar-refractivity contribution in [3.8, 4) is 0 Å². The minimum absolute atomic E-state index is 0.165. The second-order valence-corrected chi connectivity index (χ2v) is 9.77. The van der Waals surface area contributed by atoms with Crippen molar-refractivity contribution in [2.24, 2.45) is 5.92 Å². The van der Waals surface area contributed by atoms with Crippen LogP contribution in [0.3, 0.4) is 0 Å². The molecule has 0 bridgehead atoms. The Labute approximate surface area is 132 Å². The molecule has 1 heterocycles. The standard InChI is InChI=1S/C15H26N2O4S/c1-11-5-7-15(18,8-6-11)10-22(19,20)9-12-16-13(21-17-12)14(2,3)4/h11,18H,5-10H2,1-4H3. The first-order valence-electron chi connectivity index (χ1n) is 7.75. The van der Waals surface area contributed by atoms with Gasteiger partial charge in [-0.05, 0) is 31.6 Å². The van der Waals surface area contributed by atoms with Crippen LogP contribution in [0.4, 0.5) is 0 Å². The van der Waals surface area contributed by atoms with E-state index in [9.17, 15) is 13.5 Å². The molecule has 0 aliphatic heterocycles. The summed E-state index contributed by atoms with van der Waals surface area (Å²) in [6.07, 6.45) is 2.80. The molecular formula is C15H26N2O4S. The Bertz CT molecular complexity index is 608. The highest BCUT2D eigenvalue weighted by Crippen LogP contribution is 2.33. The fourth-order valence-electron chi connectivity index (χ4n) is 2.72. The zero-order valence-corrected chi connectivity index (χ0v) is 14.6. The Morgan fingerprint density at radius 2 is 1.91 bits per heavy atom. The lowest BCUT2D eigenvalue weighted by Crippen LogP contribution is -2.40. The first-order valence-corrected chi connectivity index (χ1v) is 9.57. The Balaban J connectivity index is 2.04. The van der Waals surface area contributed by atoms with Crippen molar-refractivity contribution in [3.05, 3.63) is 11.7 Å². The second kappa shape index (κ2) is 5.92. The van der Waals surface area contributed by atoms with Gasteiger partial charge in [-0.3, -0.25) is 0 Å². The first kappa shape index (κ1) is 17.4. The van der Waals surface area contributed by atoms with E-state index in [1.54, 1.807) is 0 Å². The maximum Gasteiger partial charge on any atom is 0.232 e. The second-order valence-electron chi connectivity index (χ2n) is 7.70. The smallest absolute Gasteiger partial charge is 0.232 e. The van der Waals surface area contributed by atoms with Crippen LogP contribution >= 0.6 is 0 Å². The van der Waals surface area contributed by atoms with Crippen molar-refractivity contribution in [2.45, 2.75) is 70.1 Å². The number of nitrogens with zero attached hydrogens (tertiary/aromatic N) is 2. The van der Waals surface area contributed by atoms with Gasteiger partial charge in [0, 0.05) is 5.41 Å². The summed E-state index contributed by atoms with van der Waals surface area (Å²) in [5.74, 6) is 0.617. The fraction of sp³-hybridized carbons (Fsp3) is 0.867. The van der Waals surface area contributed by atoms with Crippen molar-refractivity contribution in [1.29, 1.82) is 0 Å². The number of aliphatic hydroxyl groups is 1. The van der Waals surface area contributed by atoms with Gasteiger partial charge in [0.25, 0.3) is 0 Å². The zero-order chi connectivity index (χ0) is 16.6. The monoisotopic (exact) mass is 330 g/mol. The molecule has 6 nitrogen and oxygen atoms in total. The summed E-state index contributed by atoms with van der Waals surface area (Å²) in [6.45, 7) is 7.89. The van der Waals surface area contributed by atoms with E-state index in [4.69, 9.17) is 4.52 Å². The van der Waals surface area contributed by atoms with Crippen LogP contribution in [-0.2, 0) is 21.0 Å². The van der Waals surface area contributed by atoms with Crippen LogP contribution in [0.2, 0.25) is 0 Å². The van der Waals surface area contributed by atoms with Gasteiger partial charge in [-0.1, -0.05) is 32.9 Å². The third kappa shape index (κ3) is 4.52. The molecule has 1 aromatic heterocycles. The Kier molecular flexibility index (Phi) is 4.69. The third-order valence-corrected chi connectivity index (χ3v) is 5.83. The van der Waals surface area contributed by atoms with Gasteiger partial charge in [0.1, 0.15) is 5.75 Å². The fourth-order valence-corrected chi connectivity index (χ4v) is 4.44. The van der Waals surface area contributed by atoms with Crippen LogP contribution in [-0.4, -0.2) is 35.0 Å². The van der Waals surface area contributed by atoms with E-state index < -0.39 is 15.4 Å². The lowest BCUT2D eigenvalue weighted by atomic mass is 9.81. The molecule has 1 saturated carbocycles. The van der Waals surface area contributed by atoms with Gasteiger partial charge in [-0.2, -0.15) is 4.98 Å². The topological polar surface area (TPSA) is 93.3 Å². The summed E-state index contributed by atoms with van der Waals surface area (Å²) < 4.78 is 29.8. The highest BCUT2D eigenvalue weighted by molar-refractivity contribution is 7.90. The quantitative estimate of drug-likeness (QED) is 0.910. The normalized spacial score (nSPS) is 27.0. The Morgan fingerprint density at radius 3 is 2.41 bits per heavy atom. The van der Waals surface area contributed by atoms with Gasteiger partial charge < -0.3 is 9.63 Å². The van der Waals surface area contributed by atoms with Crippen molar-refractivity contribution < 1.29 is 18.0 Å². The molecular weight excluding hydrogens is 304 g/mol. The van der Waals surface area contributed by atoms with E-state index in [0.717, 1.165) is 12.8 Å². The average molecular weight is 330 g/mol.